The number of aliphatic carboxylic acids is 1. The summed E-state index contributed by atoms with van der Waals surface area (Å²) < 4.78 is 33.5. The molecule has 1 aromatic rings. The largest absolute Gasteiger partial charge is 1.00 e. The van der Waals surface area contributed by atoms with Crippen LogP contribution < -0.4 is 62.7 Å². The first-order valence-electron chi connectivity index (χ1n) is 10.6. The number of carbonyl (C=O) groups excluding carboxylic acids is 3. The average molecular weight is 651 g/mol. The summed E-state index contributed by atoms with van der Waals surface area (Å²) in [5.74, 6) is -4.72. The first kappa shape index (κ1) is 38.5. The Labute approximate surface area is 263 Å². The number of carboxylic acid groups (broad SMARTS) is 1. The molecule has 2 heterocycles. The molecule has 19 nitrogen and oxygen atoms in total. The number of carboxylic acids is 1. The van der Waals surface area contributed by atoms with E-state index in [9.17, 15) is 38.1 Å². The molecule has 41 heavy (non-hydrogen) atoms. The number of guanidine groups is 1. The predicted octanol–water partition coefficient (Wildman–Crippen LogP) is -7.72. The third-order valence-corrected chi connectivity index (χ3v) is 6.40. The molecule has 0 unspecified atom stereocenters. The van der Waals surface area contributed by atoms with E-state index in [1.807, 2.05) is 5.38 Å². The molecule has 1 aliphatic heterocycles. The number of nitrogens with zero attached hydrogens (tertiary/aromatic N) is 3. The SMILES string of the molecule is NC(N)=Nc1nc(CSCCC(N)=NS(N)(=O)=O)cs1.N[C@@H](CC(=O)OC1=C(O)C(=O)O[C@@H]1[C@@H](O)CO)C(=O)[O-].[Na+]. The van der Waals surface area contributed by atoms with Gasteiger partial charge in [0.25, 0.3) is 0 Å². The number of thioether (sulfide) groups is 1. The van der Waals surface area contributed by atoms with Gasteiger partial charge in [0.1, 0.15) is 11.9 Å². The number of aliphatic hydroxyl groups excluding tert-OH is 3. The molecule has 0 saturated heterocycles. The van der Waals surface area contributed by atoms with Crippen molar-refractivity contribution in [1.82, 2.24) is 4.98 Å². The van der Waals surface area contributed by atoms with Crippen LogP contribution in [0.15, 0.2) is 26.3 Å². The Kier molecular flexibility index (Phi) is 17.0. The molecule has 2 rings (SSSR count). The Hall–Kier alpha value is -2.54. The minimum atomic E-state index is -3.92. The topological polar surface area (TPSA) is 355 Å². The molecule has 224 valence electrons. The van der Waals surface area contributed by atoms with Crippen LogP contribution in [-0.2, 0) is 39.8 Å². The Morgan fingerprint density at radius 2 is 1.95 bits per heavy atom. The first-order valence-corrected chi connectivity index (χ1v) is 14.2. The molecule has 1 aromatic heterocycles. The number of amidine groups is 1. The van der Waals surface area contributed by atoms with E-state index in [0.717, 1.165) is 5.69 Å². The summed E-state index contributed by atoms with van der Waals surface area (Å²) in [5, 5.41) is 44.9. The van der Waals surface area contributed by atoms with Crippen molar-refractivity contribution in [2.45, 2.75) is 36.8 Å². The smallest absolute Gasteiger partial charge is 0.548 e. The molecule has 0 bridgehead atoms. The summed E-state index contributed by atoms with van der Waals surface area (Å²) in [5.41, 5.74) is 21.8. The van der Waals surface area contributed by atoms with Crippen molar-refractivity contribution >= 4 is 68.1 Å². The predicted molar refractivity (Wildman–Crippen MR) is 139 cm³/mol. The van der Waals surface area contributed by atoms with Gasteiger partial charge in [-0.1, -0.05) is 0 Å². The number of cyclic esters (lactones) is 1. The number of rotatable bonds is 13. The summed E-state index contributed by atoms with van der Waals surface area (Å²) in [6.45, 7) is -0.829. The summed E-state index contributed by atoms with van der Waals surface area (Å²) in [6.07, 6.45) is -3.65. The number of hydrogen-bond donors (Lipinski definition) is 8. The van der Waals surface area contributed by atoms with Crippen LogP contribution >= 0.6 is 23.1 Å². The van der Waals surface area contributed by atoms with Crippen LogP contribution in [0.25, 0.3) is 0 Å². The Morgan fingerprint density at radius 3 is 2.49 bits per heavy atom. The molecule has 0 saturated carbocycles. The second kappa shape index (κ2) is 18.1. The van der Waals surface area contributed by atoms with Crippen LogP contribution in [0.2, 0.25) is 0 Å². The maximum Gasteiger partial charge on any atom is 1.00 e. The van der Waals surface area contributed by atoms with E-state index in [2.05, 4.69) is 23.8 Å². The van der Waals surface area contributed by atoms with E-state index in [1.54, 1.807) is 0 Å². The Balaban J connectivity index is 0.000000762. The summed E-state index contributed by atoms with van der Waals surface area (Å²) in [6, 6.07) is -1.63. The fourth-order valence-corrected chi connectivity index (χ4v) is 4.51. The molecule has 0 amide bonds. The van der Waals surface area contributed by atoms with Gasteiger partial charge in [0.05, 0.1) is 30.7 Å². The maximum absolute atomic E-state index is 11.4. The van der Waals surface area contributed by atoms with E-state index in [-0.39, 0.29) is 41.4 Å². The molecule has 0 spiro atoms. The number of esters is 2. The van der Waals surface area contributed by atoms with Gasteiger partial charge in [-0.2, -0.15) is 25.2 Å². The van der Waals surface area contributed by atoms with Crippen molar-refractivity contribution in [3.05, 3.63) is 22.6 Å². The van der Waals surface area contributed by atoms with Gasteiger partial charge in [-0.15, -0.1) is 15.7 Å². The van der Waals surface area contributed by atoms with Crippen LogP contribution in [-0.4, -0.2) is 89.0 Å². The van der Waals surface area contributed by atoms with Gasteiger partial charge in [-0.25, -0.2) is 14.9 Å². The fraction of sp³-hybridized carbons (Fsp3) is 0.444. The number of thiazole rings is 1. The minimum absolute atomic E-state index is 0. The average Bonchev–Trinajstić information content (AvgIpc) is 3.39. The van der Waals surface area contributed by atoms with E-state index in [1.165, 1.54) is 23.1 Å². The third kappa shape index (κ3) is 14.8. The van der Waals surface area contributed by atoms with E-state index in [0.29, 0.717) is 23.1 Å². The molecule has 23 heteroatoms. The zero-order valence-corrected chi connectivity index (χ0v) is 25.9. The van der Waals surface area contributed by atoms with Crippen molar-refractivity contribution in [2.75, 3.05) is 12.4 Å². The second-order valence-corrected chi connectivity index (χ2v) is 10.6. The molecule has 3 atom stereocenters. The molecule has 0 aromatic carbocycles. The Bertz CT molecular complexity index is 1270. The number of ether oxygens (including phenoxy) is 2. The minimum Gasteiger partial charge on any atom is -0.548 e. The number of hydrogen-bond acceptors (Lipinski definition) is 16. The van der Waals surface area contributed by atoms with E-state index in [4.69, 9.17) is 33.2 Å². The quantitative estimate of drug-likeness (QED) is 0.0323. The van der Waals surface area contributed by atoms with Crippen molar-refractivity contribution in [3.8, 4) is 0 Å². The number of aliphatic hydroxyl groups is 3. The number of aliphatic imine (C=N–C) groups is 1. The first-order chi connectivity index (χ1) is 18.5. The molecule has 13 N–H and O–H groups in total. The van der Waals surface area contributed by atoms with Gasteiger partial charge in [0.2, 0.25) is 16.6 Å². The van der Waals surface area contributed by atoms with Crippen LogP contribution in [0.1, 0.15) is 18.5 Å². The molecule has 0 fully saturated rings. The van der Waals surface area contributed by atoms with Gasteiger partial charge in [0, 0.05) is 23.3 Å². The zero-order chi connectivity index (χ0) is 30.6. The Morgan fingerprint density at radius 1 is 1.32 bits per heavy atom. The maximum atomic E-state index is 11.4. The summed E-state index contributed by atoms with van der Waals surface area (Å²) >= 11 is 2.86. The van der Waals surface area contributed by atoms with Crippen LogP contribution in [0.3, 0.4) is 0 Å². The standard InChI is InChI=1S/C10H13NO9.C8H15N7O2S3.Na/c11-3(9(16)17)1-5(14)19-8-6(15)10(18)20-7(8)4(13)2-12;9-6(15-20(12,16)17)1-2-18-3-5-4-19-8(13-5)14-7(10)11;/h3-4,7,12-13,15H,1-2,11H2,(H,16,17);4H,1-3H2,(H2,9,15)(H2,12,16,17)(H4,10,11,13,14);/q;;+1/p-1/t3-,4-,7+;;/m0../s1. The molecule has 1 aliphatic rings. The third-order valence-electron chi connectivity index (χ3n) is 4.13. The van der Waals surface area contributed by atoms with Crippen LogP contribution in [0, 0.1) is 0 Å². The number of aromatic nitrogens is 1. The van der Waals surface area contributed by atoms with Crippen molar-refractivity contribution in [2.24, 2.45) is 37.5 Å². The molecular formula is C18H27N8NaO11S3. The zero-order valence-electron chi connectivity index (χ0n) is 21.4. The van der Waals surface area contributed by atoms with Crippen molar-refractivity contribution in [1.29, 1.82) is 0 Å². The molecule has 0 aliphatic carbocycles. The van der Waals surface area contributed by atoms with Gasteiger partial charge in [-0.05, 0) is 0 Å². The fourth-order valence-electron chi connectivity index (χ4n) is 2.43. The van der Waals surface area contributed by atoms with E-state index < -0.39 is 70.9 Å². The van der Waals surface area contributed by atoms with Gasteiger partial charge >= 0.3 is 51.7 Å². The second-order valence-electron chi connectivity index (χ2n) is 7.45. The summed E-state index contributed by atoms with van der Waals surface area (Å²) in [7, 11) is -3.92. The molecule has 0 radical (unpaired) electrons. The number of carbonyl (C=O) groups is 3. The van der Waals surface area contributed by atoms with Crippen molar-refractivity contribution < 1.29 is 82.3 Å². The molecular weight excluding hydrogens is 623 g/mol. The van der Waals surface area contributed by atoms with Gasteiger partial charge in [0.15, 0.2) is 12.1 Å². The monoisotopic (exact) mass is 650 g/mol. The normalized spacial score (nSPS) is 16.4. The van der Waals surface area contributed by atoms with Crippen LogP contribution in [0.5, 0.6) is 0 Å². The number of nitrogens with two attached hydrogens (primary N) is 5. The van der Waals surface area contributed by atoms with Gasteiger partial charge in [-0.3, -0.25) is 4.79 Å². The van der Waals surface area contributed by atoms with Gasteiger partial charge < -0.3 is 57.6 Å². The summed E-state index contributed by atoms with van der Waals surface area (Å²) in [4.78, 5) is 40.8. The van der Waals surface area contributed by atoms with Crippen LogP contribution in [0.4, 0.5) is 5.13 Å². The van der Waals surface area contributed by atoms with E-state index >= 15 is 0 Å². The van der Waals surface area contributed by atoms with Crippen molar-refractivity contribution in [3.63, 3.8) is 0 Å².